The van der Waals surface area contributed by atoms with Crippen LogP contribution in [0.4, 0.5) is 0 Å². The van der Waals surface area contributed by atoms with Gasteiger partial charge in [-0.2, -0.15) is 5.10 Å². The average Bonchev–Trinajstić information content (AvgIpc) is 2.82. The SMILES string of the molecule is Cc1nn(C)c2c1[nH]c(=S)n2CC1CCC(C)CC1. The van der Waals surface area contributed by atoms with Gasteiger partial charge in [0.25, 0.3) is 0 Å². The maximum absolute atomic E-state index is 5.48. The van der Waals surface area contributed by atoms with Crippen molar-refractivity contribution in [2.45, 2.75) is 46.1 Å². The fourth-order valence-electron chi connectivity index (χ4n) is 3.31. The second-order valence-electron chi connectivity index (χ2n) is 6.07. The summed E-state index contributed by atoms with van der Waals surface area (Å²) in [6.07, 6.45) is 5.37. The summed E-state index contributed by atoms with van der Waals surface area (Å²) in [4.78, 5) is 3.31. The second-order valence-corrected chi connectivity index (χ2v) is 6.46. The molecule has 19 heavy (non-hydrogen) atoms. The number of H-pyrrole nitrogens is 1. The van der Waals surface area contributed by atoms with Crippen LogP contribution in [-0.4, -0.2) is 19.3 Å². The lowest BCUT2D eigenvalue weighted by molar-refractivity contribution is 0.265. The Labute approximate surface area is 118 Å². The van der Waals surface area contributed by atoms with E-state index in [1.54, 1.807) is 0 Å². The number of fused-ring (bicyclic) bond motifs is 1. The molecule has 0 unspecified atom stereocenters. The molecule has 1 aliphatic rings. The van der Waals surface area contributed by atoms with Crippen molar-refractivity contribution in [1.29, 1.82) is 0 Å². The zero-order valence-corrected chi connectivity index (χ0v) is 12.8. The van der Waals surface area contributed by atoms with Gasteiger partial charge in [-0.05, 0) is 43.8 Å². The van der Waals surface area contributed by atoms with Crippen molar-refractivity contribution in [2.24, 2.45) is 18.9 Å². The smallest absolute Gasteiger partial charge is 0.179 e. The largest absolute Gasteiger partial charge is 0.328 e. The first kappa shape index (κ1) is 12.9. The Kier molecular flexibility index (Phi) is 3.25. The van der Waals surface area contributed by atoms with E-state index in [9.17, 15) is 0 Å². The van der Waals surface area contributed by atoms with E-state index in [-0.39, 0.29) is 0 Å². The first-order chi connectivity index (χ1) is 9.06. The van der Waals surface area contributed by atoms with E-state index in [1.807, 2.05) is 18.7 Å². The van der Waals surface area contributed by atoms with Gasteiger partial charge in [-0.1, -0.05) is 19.8 Å². The molecular weight excluding hydrogens is 256 g/mol. The Balaban J connectivity index is 1.92. The maximum atomic E-state index is 5.48. The van der Waals surface area contributed by atoms with Crippen LogP contribution < -0.4 is 0 Å². The van der Waals surface area contributed by atoms with E-state index in [0.29, 0.717) is 0 Å². The topological polar surface area (TPSA) is 38.5 Å². The van der Waals surface area contributed by atoms with Crippen LogP contribution in [0.3, 0.4) is 0 Å². The van der Waals surface area contributed by atoms with Crippen molar-refractivity contribution < 1.29 is 0 Å². The maximum Gasteiger partial charge on any atom is 0.179 e. The molecule has 0 spiro atoms. The van der Waals surface area contributed by atoms with Gasteiger partial charge in [0.1, 0.15) is 5.52 Å². The van der Waals surface area contributed by atoms with E-state index < -0.39 is 0 Å². The zero-order valence-electron chi connectivity index (χ0n) is 11.9. The Morgan fingerprint density at radius 3 is 2.68 bits per heavy atom. The Morgan fingerprint density at radius 2 is 2.00 bits per heavy atom. The number of nitrogens with one attached hydrogen (secondary N) is 1. The first-order valence-corrected chi connectivity index (χ1v) is 7.59. The summed E-state index contributed by atoms with van der Waals surface area (Å²) in [7, 11) is 2.00. The molecule has 0 saturated heterocycles. The van der Waals surface area contributed by atoms with E-state index in [0.717, 1.165) is 40.0 Å². The average molecular weight is 278 g/mol. The Morgan fingerprint density at radius 1 is 1.32 bits per heavy atom. The van der Waals surface area contributed by atoms with Crippen LogP contribution >= 0.6 is 12.2 Å². The molecule has 5 heteroatoms. The lowest BCUT2D eigenvalue weighted by Gasteiger charge is -2.26. The standard InChI is InChI=1S/C14H22N4S/c1-9-4-6-11(7-5-9)8-18-13-12(15-14(18)19)10(2)16-17(13)3/h9,11H,4-8H2,1-3H3,(H,15,19). The summed E-state index contributed by atoms with van der Waals surface area (Å²) >= 11 is 5.48. The monoisotopic (exact) mass is 278 g/mol. The fourth-order valence-corrected chi connectivity index (χ4v) is 3.57. The van der Waals surface area contributed by atoms with Gasteiger partial charge in [-0.3, -0.25) is 4.68 Å². The minimum atomic E-state index is 0.761. The number of aromatic amines is 1. The van der Waals surface area contributed by atoms with Crippen LogP contribution in [0.25, 0.3) is 11.2 Å². The molecule has 4 nitrogen and oxygen atoms in total. The number of hydrogen-bond donors (Lipinski definition) is 1. The van der Waals surface area contributed by atoms with Gasteiger partial charge < -0.3 is 9.55 Å². The van der Waals surface area contributed by atoms with Crippen LogP contribution in [-0.2, 0) is 13.6 Å². The molecule has 0 bridgehead atoms. The highest BCUT2D eigenvalue weighted by Crippen LogP contribution is 2.30. The van der Waals surface area contributed by atoms with Gasteiger partial charge in [0.15, 0.2) is 10.4 Å². The molecule has 3 rings (SSSR count). The molecule has 1 aliphatic carbocycles. The molecular formula is C14H22N4S. The van der Waals surface area contributed by atoms with Crippen LogP contribution in [0.1, 0.15) is 38.3 Å². The first-order valence-electron chi connectivity index (χ1n) is 7.18. The van der Waals surface area contributed by atoms with Crippen LogP contribution in [0.15, 0.2) is 0 Å². The molecule has 104 valence electrons. The lowest BCUT2D eigenvalue weighted by atomic mass is 9.83. The minimum Gasteiger partial charge on any atom is -0.328 e. The lowest BCUT2D eigenvalue weighted by Crippen LogP contribution is -2.18. The summed E-state index contributed by atoms with van der Waals surface area (Å²) < 4.78 is 5.03. The Bertz CT molecular complexity index is 640. The molecule has 1 fully saturated rings. The molecule has 0 aromatic carbocycles. The van der Waals surface area contributed by atoms with E-state index in [2.05, 4.69) is 21.6 Å². The summed E-state index contributed by atoms with van der Waals surface area (Å²) in [5.41, 5.74) is 3.26. The second kappa shape index (κ2) is 4.78. The van der Waals surface area contributed by atoms with Gasteiger partial charge in [0.05, 0.1) is 5.69 Å². The number of imidazole rings is 1. The van der Waals surface area contributed by atoms with Crippen molar-refractivity contribution in [1.82, 2.24) is 19.3 Å². The van der Waals surface area contributed by atoms with Gasteiger partial charge in [-0.15, -0.1) is 0 Å². The molecule has 1 N–H and O–H groups in total. The predicted molar refractivity (Wildman–Crippen MR) is 79.7 cm³/mol. The van der Waals surface area contributed by atoms with Crippen molar-refractivity contribution in [2.75, 3.05) is 0 Å². The normalized spacial score (nSPS) is 24.2. The number of rotatable bonds is 2. The summed E-state index contributed by atoms with van der Waals surface area (Å²) in [6, 6.07) is 0. The van der Waals surface area contributed by atoms with Crippen LogP contribution in [0, 0.1) is 23.5 Å². The third-order valence-corrected chi connectivity index (χ3v) is 4.82. The molecule has 1 saturated carbocycles. The highest BCUT2D eigenvalue weighted by atomic mass is 32.1. The number of aryl methyl sites for hydroxylation is 2. The molecule has 0 atom stereocenters. The van der Waals surface area contributed by atoms with Crippen molar-refractivity contribution in [3.8, 4) is 0 Å². The third-order valence-electron chi connectivity index (χ3n) is 4.50. The quantitative estimate of drug-likeness (QED) is 0.853. The summed E-state index contributed by atoms with van der Waals surface area (Å²) in [6.45, 7) is 5.42. The summed E-state index contributed by atoms with van der Waals surface area (Å²) in [5, 5.41) is 4.48. The predicted octanol–water partition coefficient (Wildman–Crippen LogP) is 3.57. The van der Waals surface area contributed by atoms with Crippen molar-refractivity contribution >= 4 is 23.4 Å². The summed E-state index contributed by atoms with van der Waals surface area (Å²) in [5.74, 6) is 1.66. The van der Waals surface area contributed by atoms with Crippen molar-refractivity contribution in [3.63, 3.8) is 0 Å². The number of nitrogens with zero attached hydrogens (tertiary/aromatic N) is 3. The van der Waals surface area contributed by atoms with E-state index >= 15 is 0 Å². The third kappa shape index (κ3) is 2.24. The van der Waals surface area contributed by atoms with Crippen LogP contribution in [0.2, 0.25) is 0 Å². The van der Waals surface area contributed by atoms with Gasteiger partial charge in [0, 0.05) is 13.6 Å². The highest BCUT2D eigenvalue weighted by Gasteiger charge is 2.21. The highest BCUT2D eigenvalue weighted by molar-refractivity contribution is 7.71. The zero-order chi connectivity index (χ0) is 13.6. The van der Waals surface area contributed by atoms with Crippen molar-refractivity contribution in [3.05, 3.63) is 10.5 Å². The Hall–Kier alpha value is -1.10. The molecule has 0 radical (unpaired) electrons. The van der Waals surface area contributed by atoms with Gasteiger partial charge >= 0.3 is 0 Å². The number of hydrogen-bond acceptors (Lipinski definition) is 2. The van der Waals surface area contributed by atoms with Crippen LogP contribution in [0.5, 0.6) is 0 Å². The van der Waals surface area contributed by atoms with Gasteiger partial charge in [-0.25, -0.2) is 0 Å². The molecule has 2 heterocycles. The molecule has 0 amide bonds. The molecule has 2 aromatic heterocycles. The van der Waals surface area contributed by atoms with Gasteiger partial charge in [0.2, 0.25) is 0 Å². The minimum absolute atomic E-state index is 0.761. The molecule has 0 aliphatic heterocycles. The molecule has 2 aromatic rings. The fraction of sp³-hybridized carbons (Fsp3) is 0.714. The van der Waals surface area contributed by atoms with E-state index in [1.165, 1.54) is 25.7 Å². The van der Waals surface area contributed by atoms with E-state index in [4.69, 9.17) is 12.2 Å². The number of aromatic nitrogens is 4.